The SMILES string of the molecule is CCC(C(=O)O)C(CC)(C(=O)O)N(F)C(=O)C1(c2ccccc2)C(F)=C(F)C(F)=C(F)C1F. The number of aliphatic carboxylic acids is 2. The maximum atomic E-state index is 15.7. The van der Waals surface area contributed by atoms with Crippen molar-refractivity contribution in [2.75, 3.05) is 0 Å². The zero-order valence-corrected chi connectivity index (χ0v) is 17.3. The standard InChI is InChI=1S/C21H19F6NO5/c1-3-11(17(29)30)20(4-2,19(32)33)28(27)18(31)21(10-8-6-5-7-9-10)15(25)13(23)12(22)14(24)16(21)26/h5-9,11,15H,3-4H2,1-2H3,(H,29,30)(H,32,33). The van der Waals surface area contributed by atoms with Crippen LogP contribution < -0.4 is 0 Å². The van der Waals surface area contributed by atoms with Crippen molar-refractivity contribution >= 4 is 17.8 Å². The van der Waals surface area contributed by atoms with Crippen LogP contribution in [0.3, 0.4) is 0 Å². The van der Waals surface area contributed by atoms with E-state index in [1.54, 1.807) is 0 Å². The van der Waals surface area contributed by atoms with Gasteiger partial charge in [-0.1, -0.05) is 48.7 Å². The van der Waals surface area contributed by atoms with Crippen LogP contribution in [-0.4, -0.2) is 44.9 Å². The van der Waals surface area contributed by atoms with Crippen LogP contribution in [0.1, 0.15) is 32.3 Å². The number of carbonyl (C=O) groups excluding carboxylic acids is 1. The fraction of sp³-hybridized carbons (Fsp3) is 0.381. The van der Waals surface area contributed by atoms with Crippen molar-refractivity contribution in [3.8, 4) is 0 Å². The Balaban J connectivity index is 2.91. The highest BCUT2D eigenvalue weighted by molar-refractivity contribution is 5.98. The van der Waals surface area contributed by atoms with Gasteiger partial charge >= 0.3 is 11.9 Å². The third-order valence-corrected chi connectivity index (χ3v) is 5.83. The molecule has 6 nitrogen and oxygen atoms in total. The summed E-state index contributed by atoms with van der Waals surface area (Å²) in [6.07, 6.45) is -5.09. The number of nitrogens with zero attached hydrogens (tertiary/aromatic N) is 1. The summed E-state index contributed by atoms with van der Waals surface area (Å²) >= 11 is 0. The normalized spacial score (nSPS) is 23.7. The first-order valence-electron chi connectivity index (χ1n) is 9.64. The van der Waals surface area contributed by atoms with E-state index >= 15 is 13.3 Å². The summed E-state index contributed by atoms with van der Waals surface area (Å²) in [4.78, 5) is 37.0. The second kappa shape index (κ2) is 9.28. The molecule has 0 bridgehead atoms. The van der Waals surface area contributed by atoms with Gasteiger partial charge in [0.15, 0.2) is 40.4 Å². The topological polar surface area (TPSA) is 94.9 Å². The molecule has 2 rings (SSSR count). The maximum absolute atomic E-state index is 15.7. The Bertz CT molecular complexity index is 1030. The number of halogens is 6. The molecule has 0 fully saturated rings. The van der Waals surface area contributed by atoms with Gasteiger partial charge in [-0.25, -0.2) is 26.7 Å². The molecular weight excluding hydrogens is 460 g/mol. The second-order valence-electron chi connectivity index (χ2n) is 7.29. The number of carboxylic acids is 2. The number of carboxylic acid groups (broad SMARTS) is 2. The summed E-state index contributed by atoms with van der Waals surface area (Å²) < 4.78 is 88.3. The minimum absolute atomic E-state index is 0.545. The van der Waals surface area contributed by atoms with Crippen LogP contribution in [0.2, 0.25) is 0 Å². The van der Waals surface area contributed by atoms with Crippen LogP contribution in [0, 0.1) is 5.92 Å². The highest BCUT2D eigenvalue weighted by Gasteiger charge is 2.65. The molecule has 12 heteroatoms. The van der Waals surface area contributed by atoms with Crippen molar-refractivity contribution in [3.05, 3.63) is 59.2 Å². The van der Waals surface area contributed by atoms with Crippen molar-refractivity contribution < 1.29 is 51.0 Å². The third kappa shape index (κ3) is 3.57. The summed E-state index contributed by atoms with van der Waals surface area (Å²) in [5, 5.41) is 17.9. The fourth-order valence-corrected chi connectivity index (χ4v) is 4.05. The van der Waals surface area contributed by atoms with E-state index < -0.39 is 87.7 Å². The van der Waals surface area contributed by atoms with E-state index in [9.17, 15) is 37.8 Å². The van der Waals surface area contributed by atoms with Gasteiger partial charge in [-0.05, 0) is 18.4 Å². The molecule has 180 valence electrons. The van der Waals surface area contributed by atoms with Gasteiger partial charge in [-0.3, -0.25) is 9.59 Å². The first-order chi connectivity index (χ1) is 15.4. The number of carbonyl (C=O) groups is 3. The van der Waals surface area contributed by atoms with Crippen LogP contribution in [0.15, 0.2) is 53.6 Å². The average molecular weight is 479 g/mol. The second-order valence-corrected chi connectivity index (χ2v) is 7.29. The maximum Gasteiger partial charge on any atom is 0.333 e. The van der Waals surface area contributed by atoms with Gasteiger partial charge in [-0.15, -0.1) is 0 Å². The molecule has 1 aliphatic carbocycles. The molecule has 0 aromatic heterocycles. The Morgan fingerprint density at radius 2 is 1.61 bits per heavy atom. The van der Waals surface area contributed by atoms with Gasteiger partial charge < -0.3 is 10.2 Å². The number of allylic oxidation sites excluding steroid dienone is 3. The fourth-order valence-electron chi connectivity index (χ4n) is 4.05. The minimum atomic E-state index is -3.84. The first-order valence-corrected chi connectivity index (χ1v) is 9.64. The van der Waals surface area contributed by atoms with Gasteiger partial charge in [0, 0.05) is 0 Å². The number of hydrogen-bond donors (Lipinski definition) is 2. The highest BCUT2D eigenvalue weighted by Crippen LogP contribution is 2.51. The number of alkyl halides is 1. The van der Waals surface area contributed by atoms with Gasteiger partial charge in [0.25, 0.3) is 5.91 Å². The molecule has 0 saturated heterocycles. The highest BCUT2D eigenvalue weighted by atomic mass is 19.2. The molecular formula is C21H19F6NO5. The molecule has 1 amide bonds. The van der Waals surface area contributed by atoms with E-state index in [-0.39, 0.29) is 0 Å². The van der Waals surface area contributed by atoms with E-state index in [0.29, 0.717) is 0 Å². The van der Waals surface area contributed by atoms with E-state index in [2.05, 4.69) is 0 Å². The molecule has 4 atom stereocenters. The predicted molar refractivity (Wildman–Crippen MR) is 102 cm³/mol. The van der Waals surface area contributed by atoms with Gasteiger partial charge in [0.2, 0.25) is 0 Å². The van der Waals surface area contributed by atoms with Crippen LogP contribution in [0.25, 0.3) is 0 Å². The van der Waals surface area contributed by atoms with E-state index in [0.717, 1.165) is 38.1 Å². The van der Waals surface area contributed by atoms with Crippen molar-refractivity contribution in [1.82, 2.24) is 5.12 Å². The Labute approximate surface area is 183 Å². The Morgan fingerprint density at radius 3 is 2.03 bits per heavy atom. The number of amides is 1. The van der Waals surface area contributed by atoms with Gasteiger partial charge in [-0.2, -0.15) is 5.12 Å². The summed E-state index contributed by atoms with van der Waals surface area (Å²) in [6, 6.07) is 5.03. The summed E-state index contributed by atoms with van der Waals surface area (Å²) in [5.74, 6) is -18.9. The number of hydrogen-bond acceptors (Lipinski definition) is 3. The molecule has 1 aromatic rings. The lowest BCUT2D eigenvalue weighted by Crippen LogP contribution is -2.65. The number of rotatable bonds is 8. The zero-order chi connectivity index (χ0) is 25.3. The molecule has 0 aliphatic heterocycles. The van der Waals surface area contributed by atoms with E-state index in [1.807, 2.05) is 0 Å². The van der Waals surface area contributed by atoms with Crippen LogP contribution >= 0.6 is 0 Å². The first kappa shape index (κ1) is 25.9. The lowest BCUT2D eigenvalue weighted by molar-refractivity contribution is -0.197. The minimum Gasteiger partial charge on any atom is -0.481 e. The monoisotopic (exact) mass is 479 g/mol. The molecule has 0 heterocycles. The third-order valence-electron chi connectivity index (χ3n) is 5.83. The van der Waals surface area contributed by atoms with Crippen molar-refractivity contribution in [2.24, 2.45) is 5.92 Å². The molecule has 1 aromatic carbocycles. The van der Waals surface area contributed by atoms with E-state index in [4.69, 9.17) is 0 Å². The molecule has 0 spiro atoms. The quantitative estimate of drug-likeness (QED) is 0.419. The Morgan fingerprint density at radius 1 is 1.06 bits per heavy atom. The van der Waals surface area contributed by atoms with Gasteiger partial charge in [0.1, 0.15) is 0 Å². The Hall–Kier alpha value is -3.31. The molecule has 0 radical (unpaired) electrons. The molecule has 1 aliphatic rings. The summed E-state index contributed by atoms with van der Waals surface area (Å²) in [6.45, 7) is 2.16. The zero-order valence-electron chi connectivity index (χ0n) is 17.3. The smallest absolute Gasteiger partial charge is 0.333 e. The van der Waals surface area contributed by atoms with Crippen molar-refractivity contribution in [3.63, 3.8) is 0 Å². The van der Waals surface area contributed by atoms with Crippen molar-refractivity contribution in [1.29, 1.82) is 0 Å². The molecule has 4 unspecified atom stereocenters. The van der Waals surface area contributed by atoms with Crippen LogP contribution in [0.5, 0.6) is 0 Å². The average Bonchev–Trinajstić information content (AvgIpc) is 2.79. The number of benzene rings is 1. The molecule has 33 heavy (non-hydrogen) atoms. The Kier molecular flexibility index (Phi) is 7.30. The summed E-state index contributed by atoms with van der Waals surface area (Å²) in [5.41, 5.74) is -7.92. The van der Waals surface area contributed by atoms with Gasteiger partial charge in [0.05, 0.1) is 5.92 Å². The summed E-state index contributed by atoms with van der Waals surface area (Å²) in [7, 11) is 0. The predicted octanol–water partition coefficient (Wildman–Crippen LogP) is 4.63. The lowest BCUT2D eigenvalue weighted by Gasteiger charge is -2.43. The van der Waals surface area contributed by atoms with Crippen molar-refractivity contribution in [2.45, 2.75) is 43.8 Å². The molecule has 2 N–H and O–H groups in total. The molecule has 0 saturated carbocycles. The van der Waals surface area contributed by atoms with E-state index in [1.165, 1.54) is 6.07 Å². The largest absolute Gasteiger partial charge is 0.481 e. The lowest BCUT2D eigenvalue weighted by atomic mass is 9.69. The van der Waals surface area contributed by atoms with Crippen LogP contribution in [0.4, 0.5) is 26.4 Å². The van der Waals surface area contributed by atoms with Crippen LogP contribution in [-0.2, 0) is 19.8 Å².